The number of benzene rings is 9. The smallest absolute Gasteiger partial charge is 0.253 e. The van der Waals surface area contributed by atoms with E-state index in [4.69, 9.17) is 4.74 Å². The molecule has 6 heteroatoms. The lowest BCUT2D eigenvalue weighted by atomic mass is 9.35. The Kier molecular flexibility index (Phi) is 8.37. The van der Waals surface area contributed by atoms with Crippen molar-refractivity contribution >= 4 is 86.5 Å². The van der Waals surface area contributed by atoms with E-state index in [2.05, 4.69) is 181 Å². The van der Waals surface area contributed by atoms with Gasteiger partial charge in [-0.3, -0.25) is 4.79 Å². The second-order valence-electron chi connectivity index (χ2n) is 15.9. The number of ketones is 1. The van der Waals surface area contributed by atoms with E-state index in [-0.39, 0.29) is 12.5 Å². The van der Waals surface area contributed by atoms with E-state index in [1.165, 1.54) is 52.8 Å². The Bertz CT molecular complexity index is 3090. The van der Waals surface area contributed by atoms with Gasteiger partial charge in [-0.1, -0.05) is 193 Å². The van der Waals surface area contributed by atoms with Crippen molar-refractivity contribution in [1.82, 2.24) is 0 Å². The standard InChI is InChI=1S/C55H36BNO2SSi/c58-55(38-16-4-1-5-17-38)39-30-28-37(29-31-39)40-34-49-54-51(35-40)60-50-25-13-10-22-45(50)56(54)44-33-32-41(36-48(44)59-49)57-46-23-11-14-26-52(46)61(42-18-6-2-7-19-42,43-20-8-3-9-21-43)53-27-15-12-24-47(53)57/h1-36H. The first-order chi connectivity index (χ1) is 30.2. The fraction of sp³-hybridized carbons (Fsp3) is 0. The number of fused-ring (bicyclic) bond motifs is 6. The molecule has 12 rings (SSSR count). The molecule has 0 atom stereocenters. The molecular weight excluding hydrogens is 778 g/mol. The van der Waals surface area contributed by atoms with Crippen molar-refractivity contribution in [2.24, 2.45) is 0 Å². The van der Waals surface area contributed by atoms with E-state index in [0.29, 0.717) is 11.1 Å². The van der Waals surface area contributed by atoms with Crippen LogP contribution in [-0.4, -0.2) is 20.6 Å². The number of carbonyl (C=O) groups is 1. The molecule has 0 fully saturated rings. The van der Waals surface area contributed by atoms with Gasteiger partial charge in [-0.2, -0.15) is 0 Å². The van der Waals surface area contributed by atoms with Crippen LogP contribution in [0.4, 0.5) is 17.1 Å². The van der Waals surface area contributed by atoms with Crippen molar-refractivity contribution in [2.45, 2.75) is 9.79 Å². The number of nitrogens with zero attached hydrogens (tertiary/aromatic N) is 1. The van der Waals surface area contributed by atoms with Gasteiger partial charge in [0.1, 0.15) is 11.5 Å². The third-order valence-corrected chi connectivity index (χ3v) is 18.7. The largest absolute Gasteiger partial charge is 0.458 e. The Morgan fingerprint density at radius 1 is 0.475 bits per heavy atom. The van der Waals surface area contributed by atoms with Gasteiger partial charge in [0.2, 0.25) is 0 Å². The Hall–Kier alpha value is -7.12. The second-order valence-corrected chi connectivity index (χ2v) is 20.7. The van der Waals surface area contributed by atoms with Crippen molar-refractivity contribution in [2.75, 3.05) is 4.90 Å². The minimum Gasteiger partial charge on any atom is -0.458 e. The van der Waals surface area contributed by atoms with Crippen LogP contribution in [0.15, 0.2) is 228 Å². The topological polar surface area (TPSA) is 29.5 Å². The molecule has 286 valence electrons. The zero-order valence-corrected chi connectivity index (χ0v) is 34.9. The highest BCUT2D eigenvalue weighted by Crippen LogP contribution is 2.43. The summed E-state index contributed by atoms with van der Waals surface area (Å²) in [5.41, 5.74) is 10.6. The van der Waals surface area contributed by atoms with Crippen LogP contribution in [0.2, 0.25) is 0 Å². The van der Waals surface area contributed by atoms with Crippen molar-refractivity contribution < 1.29 is 9.53 Å². The minimum absolute atomic E-state index is 0.0190. The van der Waals surface area contributed by atoms with Gasteiger partial charge in [-0.05, 0) is 79.2 Å². The van der Waals surface area contributed by atoms with E-state index in [0.717, 1.165) is 33.8 Å². The summed E-state index contributed by atoms with van der Waals surface area (Å²) in [5, 5.41) is 5.45. The maximum absolute atomic E-state index is 13.3. The van der Waals surface area contributed by atoms with Crippen LogP contribution in [-0.2, 0) is 0 Å². The van der Waals surface area contributed by atoms with Crippen LogP contribution in [0.25, 0.3) is 11.1 Å². The maximum atomic E-state index is 13.3. The van der Waals surface area contributed by atoms with Gasteiger partial charge in [-0.25, -0.2) is 0 Å². The SMILES string of the molecule is O=C(c1ccccc1)c1ccc(-c2cc3c4c(c2)Sc2ccccc2B4c2ccc(N4c5ccccc5[Si](c5ccccc5)(c5ccccc5)c5ccccc54)cc2O3)cc1. The van der Waals surface area contributed by atoms with Crippen LogP contribution in [0.5, 0.6) is 11.5 Å². The average molecular weight is 814 g/mol. The molecule has 0 spiro atoms. The first kappa shape index (κ1) is 35.8. The third-order valence-electron chi connectivity index (χ3n) is 12.7. The molecule has 3 aliphatic rings. The molecule has 61 heavy (non-hydrogen) atoms. The van der Waals surface area contributed by atoms with Gasteiger partial charge in [-0.15, -0.1) is 0 Å². The Labute approximate surface area is 361 Å². The van der Waals surface area contributed by atoms with Crippen molar-refractivity contribution in [3.8, 4) is 22.6 Å². The molecule has 0 N–H and O–H groups in total. The number of anilines is 3. The van der Waals surface area contributed by atoms with Crippen molar-refractivity contribution in [3.63, 3.8) is 0 Å². The number of carbonyl (C=O) groups excluding carboxylic acids is 1. The predicted molar refractivity (Wildman–Crippen MR) is 255 cm³/mol. The molecule has 0 aliphatic carbocycles. The van der Waals surface area contributed by atoms with Gasteiger partial charge in [0, 0.05) is 44.0 Å². The number of ether oxygens (including phenoxy) is 1. The first-order valence-corrected chi connectivity index (χ1v) is 23.6. The molecule has 0 unspecified atom stereocenters. The van der Waals surface area contributed by atoms with E-state index in [9.17, 15) is 4.79 Å². The average Bonchev–Trinajstić information content (AvgIpc) is 3.33. The number of para-hydroxylation sites is 2. The molecule has 0 saturated carbocycles. The molecule has 9 aromatic carbocycles. The van der Waals surface area contributed by atoms with Crippen LogP contribution in [0.3, 0.4) is 0 Å². The van der Waals surface area contributed by atoms with Crippen LogP contribution >= 0.6 is 11.8 Å². The van der Waals surface area contributed by atoms with E-state index in [1.54, 1.807) is 11.8 Å². The molecule has 0 radical (unpaired) electrons. The predicted octanol–water partition coefficient (Wildman–Crippen LogP) is 8.83. The van der Waals surface area contributed by atoms with E-state index < -0.39 is 8.07 Å². The molecule has 9 aromatic rings. The minimum atomic E-state index is -2.74. The quantitative estimate of drug-likeness (QED) is 0.124. The zero-order chi connectivity index (χ0) is 40.5. The summed E-state index contributed by atoms with van der Waals surface area (Å²) < 4.78 is 7.12. The fourth-order valence-corrected chi connectivity index (χ4v) is 16.3. The molecule has 0 aromatic heterocycles. The number of rotatable bonds is 6. The highest BCUT2D eigenvalue weighted by atomic mass is 32.2. The highest BCUT2D eigenvalue weighted by Gasteiger charge is 2.49. The van der Waals surface area contributed by atoms with E-state index in [1.807, 2.05) is 42.5 Å². The summed E-state index contributed by atoms with van der Waals surface area (Å²) in [6.07, 6.45) is 0. The Morgan fingerprint density at radius 3 is 1.72 bits per heavy atom. The van der Waals surface area contributed by atoms with Crippen molar-refractivity contribution in [1.29, 1.82) is 0 Å². The number of hydrogen-bond acceptors (Lipinski definition) is 4. The van der Waals surface area contributed by atoms with Gasteiger partial charge in [0.15, 0.2) is 13.9 Å². The summed E-state index contributed by atoms with van der Waals surface area (Å²) in [5.74, 6) is 1.75. The normalized spacial score (nSPS) is 13.8. The maximum Gasteiger partial charge on any atom is 0.253 e. The molecule has 0 bridgehead atoms. The molecule has 3 nitrogen and oxygen atoms in total. The lowest BCUT2D eigenvalue weighted by Gasteiger charge is -2.45. The van der Waals surface area contributed by atoms with Crippen LogP contribution in [0.1, 0.15) is 15.9 Å². The van der Waals surface area contributed by atoms with Gasteiger partial charge in [0.05, 0.1) is 0 Å². The van der Waals surface area contributed by atoms with Crippen LogP contribution < -0.4 is 46.8 Å². The summed E-state index contributed by atoms with van der Waals surface area (Å²) in [6, 6.07) is 77.9. The lowest BCUT2D eigenvalue weighted by molar-refractivity contribution is 0.103. The molecular formula is C55H36BNO2SSi. The summed E-state index contributed by atoms with van der Waals surface area (Å²) in [6.45, 7) is 0.0253. The second kappa shape index (κ2) is 14.3. The lowest BCUT2D eigenvalue weighted by Crippen LogP contribution is -2.77. The van der Waals surface area contributed by atoms with Crippen molar-refractivity contribution in [3.05, 3.63) is 230 Å². The monoisotopic (exact) mass is 813 g/mol. The Balaban J connectivity index is 1.00. The zero-order valence-electron chi connectivity index (χ0n) is 33.0. The van der Waals surface area contributed by atoms with Gasteiger partial charge < -0.3 is 9.64 Å². The molecule has 3 heterocycles. The molecule has 0 saturated heterocycles. The molecule has 3 aliphatic heterocycles. The summed E-state index contributed by atoms with van der Waals surface area (Å²) in [4.78, 5) is 18.2. The third kappa shape index (κ3) is 5.56. The van der Waals surface area contributed by atoms with Crippen LogP contribution in [0, 0.1) is 0 Å². The number of hydrogen-bond donors (Lipinski definition) is 0. The Morgan fingerprint density at radius 2 is 1.05 bits per heavy atom. The van der Waals surface area contributed by atoms with Gasteiger partial charge >= 0.3 is 0 Å². The summed E-state index contributed by atoms with van der Waals surface area (Å²) >= 11 is 1.81. The van der Waals surface area contributed by atoms with Gasteiger partial charge in [0.25, 0.3) is 6.71 Å². The molecule has 0 amide bonds. The fourth-order valence-electron chi connectivity index (χ4n) is 10.00. The first-order valence-electron chi connectivity index (χ1n) is 20.7. The summed E-state index contributed by atoms with van der Waals surface area (Å²) in [7, 11) is -2.74. The highest BCUT2D eigenvalue weighted by molar-refractivity contribution is 8.00. The van der Waals surface area contributed by atoms with E-state index >= 15 is 0 Å².